The Kier molecular flexibility index (Phi) is 3.28. The molecule has 1 heterocycles. The number of alkyl halides is 2. The van der Waals surface area contributed by atoms with Gasteiger partial charge < -0.3 is 5.11 Å². The van der Waals surface area contributed by atoms with Gasteiger partial charge in [-0.05, 0) is 12.5 Å². The molecule has 0 atom stereocenters. The van der Waals surface area contributed by atoms with Gasteiger partial charge in [0.1, 0.15) is 5.82 Å². The third kappa shape index (κ3) is 2.45. The Labute approximate surface area is 83.6 Å². The molecule has 1 aromatic rings. The van der Waals surface area contributed by atoms with Gasteiger partial charge >= 0.3 is 5.97 Å². The van der Waals surface area contributed by atoms with Gasteiger partial charge in [0.2, 0.25) is 0 Å². The van der Waals surface area contributed by atoms with E-state index in [1.807, 2.05) is 0 Å². The van der Waals surface area contributed by atoms with E-state index in [-0.39, 0.29) is 11.3 Å². The van der Waals surface area contributed by atoms with Crippen molar-refractivity contribution in [2.75, 3.05) is 0 Å². The van der Waals surface area contributed by atoms with E-state index in [2.05, 4.69) is 4.98 Å². The maximum atomic E-state index is 13.3. The Morgan fingerprint density at radius 1 is 1.60 bits per heavy atom. The molecule has 0 radical (unpaired) electrons. The van der Waals surface area contributed by atoms with Crippen molar-refractivity contribution >= 4 is 5.97 Å². The molecule has 0 spiro atoms. The van der Waals surface area contributed by atoms with Crippen LogP contribution in [-0.4, -0.2) is 16.1 Å². The highest BCUT2D eigenvalue weighted by molar-refractivity contribution is 5.69. The zero-order valence-corrected chi connectivity index (χ0v) is 7.80. The zero-order chi connectivity index (χ0) is 11.6. The van der Waals surface area contributed by atoms with Gasteiger partial charge in [-0.1, -0.05) is 0 Å². The highest BCUT2D eigenvalue weighted by Gasteiger charge is 2.18. The number of aromatic nitrogens is 1. The summed E-state index contributed by atoms with van der Waals surface area (Å²) in [7, 11) is 0. The molecule has 6 heteroatoms. The van der Waals surface area contributed by atoms with Crippen LogP contribution in [0.4, 0.5) is 13.2 Å². The van der Waals surface area contributed by atoms with E-state index in [1.54, 1.807) is 0 Å². The maximum Gasteiger partial charge on any atom is 0.309 e. The molecule has 82 valence electrons. The van der Waals surface area contributed by atoms with Crippen molar-refractivity contribution in [3.8, 4) is 0 Å². The monoisotopic (exact) mass is 219 g/mol. The summed E-state index contributed by atoms with van der Waals surface area (Å²) in [6.07, 6.45) is -2.62. The van der Waals surface area contributed by atoms with E-state index < -0.39 is 30.2 Å². The van der Waals surface area contributed by atoms with Crippen molar-refractivity contribution in [1.29, 1.82) is 0 Å². The average Bonchev–Trinajstić information content (AvgIpc) is 2.12. The highest BCUT2D eigenvalue weighted by Crippen LogP contribution is 2.24. The molecule has 1 N–H and O–H groups in total. The molecular weight excluding hydrogens is 211 g/mol. The van der Waals surface area contributed by atoms with E-state index in [4.69, 9.17) is 5.11 Å². The molecule has 0 unspecified atom stereocenters. The predicted octanol–water partition coefficient (Wildman–Crippen LogP) is 2.09. The van der Waals surface area contributed by atoms with Crippen LogP contribution in [0.25, 0.3) is 0 Å². The van der Waals surface area contributed by atoms with Crippen molar-refractivity contribution in [2.45, 2.75) is 19.8 Å². The summed E-state index contributed by atoms with van der Waals surface area (Å²) in [4.78, 5) is 13.7. The van der Waals surface area contributed by atoms with Crippen LogP contribution < -0.4 is 0 Å². The van der Waals surface area contributed by atoms with Gasteiger partial charge in [-0.3, -0.25) is 9.78 Å². The Morgan fingerprint density at radius 3 is 2.67 bits per heavy atom. The summed E-state index contributed by atoms with van der Waals surface area (Å²) in [5.41, 5.74) is -1.10. The quantitative estimate of drug-likeness (QED) is 0.846. The molecule has 1 aromatic heterocycles. The van der Waals surface area contributed by atoms with Gasteiger partial charge in [-0.15, -0.1) is 0 Å². The largest absolute Gasteiger partial charge is 0.481 e. The van der Waals surface area contributed by atoms with Crippen LogP contribution in [0, 0.1) is 12.7 Å². The Hall–Kier alpha value is -1.59. The van der Waals surface area contributed by atoms with Crippen LogP contribution >= 0.6 is 0 Å². The van der Waals surface area contributed by atoms with Gasteiger partial charge in [0.05, 0.1) is 12.1 Å². The summed E-state index contributed by atoms with van der Waals surface area (Å²) >= 11 is 0. The fourth-order valence-electron chi connectivity index (χ4n) is 1.13. The first-order valence-electron chi connectivity index (χ1n) is 4.07. The third-order valence-electron chi connectivity index (χ3n) is 1.93. The Bertz CT molecular complexity index is 393. The fraction of sp³-hybridized carbons (Fsp3) is 0.333. The number of halogens is 3. The number of carbonyl (C=O) groups is 1. The topological polar surface area (TPSA) is 50.2 Å². The number of pyridine rings is 1. The van der Waals surface area contributed by atoms with E-state index in [0.29, 0.717) is 0 Å². The molecule has 0 saturated carbocycles. The summed E-state index contributed by atoms with van der Waals surface area (Å²) in [5.74, 6) is -2.24. The minimum atomic E-state index is -2.81. The maximum absolute atomic E-state index is 13.3. The Balaban J connectivity index is 3.15. The first-order valence-corrected chi connectivity index (χ1v) is 4.07. The first-order chi connectivity index (χ1) is 6.93. The first kappa shape index (κ1) is 11.5. The number of nitrogens with zero attached hydrogens (tertiary/aromatic N) is 1. The van der Waals surface area contributed by atoms with Crippen molar-refractivity contribution in [1.82, 2.24) is 4.98 Å². The molecule has 0 aliphatic heterocycles. The number of rotatable bonds is 3. The standard InChI is InChI=1S/C9H8F3NO2/c1-4-5(9(11)12)3-13-6(8(4)10)2-7(14)15/h3,9H,2H2,1H3,(H,14,15). The summed E-state index contributed by atoms with van der Waals surface area (Å²) in [6.45, 7) is 1.17. The van der Waals surface area contributed by atoms with E-state index in [1.165, 1.54) is 6.92 Å². The molecular formula is C9H8F3NO2. The smallest absolute Gasteiger partial charge is 0.309 e. The number of carboxylic acids is 1. The van der Waals surface area contributed by atoms with E-state index >= 15 is 0 Å². The fourth-order valence-corrected chi connectivity index (χ4v) is 1.13. The van der Waals surface area contributed by atoms with Gasteiger partial charge in [0.25, 0.3) is 6.43 Å². The van der Waals surface area contributed by atoms with Gasteiger partial charge in [0, 0.05) is 11.8 Å². The second-order valence-corrected chi connectivity index (χ2v) is 2.97. The summed E-state index contributed by atoms with van der Waals surface area (Å²) in [5, 5.41) is 8.41. The lowest BCUT2D eigenvalue weighted by molar-refractivity contribution is -0.136. The number of hydrogen-bond donors (Lipinski definition) is 1. The number of carboxylic acid groups (broad SMARTS) is 1. The van der Waals surface area contributed by atoms with Crippen LogP contribution in [0.5, 0.6) is 0 Å². The molecule has 0 aliphatic rings. The van der Waals surface area contributed by atoms with Crippen molar-refractivity contribution in [3.63, 3.8) is 0 Å². The molecule has 15 heavy (non-hydrogen) atoms. The molecule has 0 saturated heterocycles. The normalized spacial score (nSPS) is 10.7. The van der Waals surface area contributed by atoms with Gasteiger partial charge in [-0.2, -0.15) is 0 Å². The molecule has 0 aliphatic carbocycles. The van der Waals surface area contributed by atoms with Crippen LogP contribution in [0.15, 0.2) is 6.20 Å². The average molecular weight is 219 g/mol. The predicted molar refractivity (Wildman–Crippen MR) is 45.2 cm³/mol. The van der Waals surface area contributed by atoms with Crippen molar-refractivity contribution in [3.05, 3.63) is 28.8 Å². The summed E-state index contributed by atoms with van der Waals surface area (Å²) < 4.78 is 37.9. The second-order valence-electron chi connectivity index (χ2n) is 2.97. The second kappa shape index (κ2) is 4.29. The molecule has 0 bridgehead atoms. The Morgan fingerprint density at radius 2 is 2.20 bits per heavy atom. The van der Waals surface area contributed by atoms with Crippen LogP contribution in [0.2, 0.25) is 0 Å². The van der Waals surface area contributed by atoms with Crippen molar-refractivity contribution < 1.29 is 23.1 Å². The lowest BCUT2D eigenvalue weighted by Crippen LogP contribution is -2.08. The van der Waals surface area contributed by atoms with Crippen LogP contribution in [0.1, 0.15) is 23.2 Å². The van der Waals surface area contributed by atoms with Gasteiger partial charge in [-0.25, -0.2) is 13.2 Å². The lowest BCUT2D eigenvalue weighted by Gasteiger charge is -2.07. The van der Waals surface area contributed by atoms with E-state index in [9.17, 15) is 18.0 Å². The van der Waals surface area contributed by atoms with Crippen LogP contribution in [-0.2, 0) is 11.2 Å². The van der Waals surface area contributed by atoms with Gasteiger partial charge in [0.15, 0.2) is 0 Å². The lowest BCUT2D eigenvalue weighted by atomic mass is 10.1. The van der Waals surface area contributed by atoms with E-state index in [0.717, 1.165) is 6.20 Å². The minimum Gasteiger partial charge on any atom is -0.481 e. The third-order valence-corrected chi connectivity index (χ3v) is 1.93. The van der Waals surface area contributed by atoms with Crippen molar-refractivity contribution in [2.24, 2.45) is 0 Å². The molecule has 1 rings (SSSR count). The molecule has 0 amide bonds. The molecule has 3 nitrogen and oxygen atoms in total. The van der Waals surface area contributed by atoms with Crippen LogP contribution in [0.3, 0.4) is 0 Å². The number of aliphatic carboxylic acids is 1. The molecule has 0 fully saturated rings. The SMILES string of the molecule is Cc1c(C(F)F)cnc(CC(=O)O)c1F. The summed E-state index contributed by atoms with van der Waals surface area (Å²) in [6, 6.07) is 0. The highest BCUT2D eigenvalue weighted by atomic mass is 19.3. The number of hydrogen-bond acceptors (Lipinski definition) is 2. The zero-order valence-electron chi connectivity index (χ0n) is 7.80. The molecule has 0 aromatic carbocycles. The minimum absolute atomic E-state index is 0.253.